The second kappa shape index (κ2) is 6.15. The lowest BCUT2D eigenvalue weighted by molar-refractivity contribution is -0.113. The molecule has 1 amide bonds. The predicted molar refractivity (Wildman–Crippen MR) is 83.0 cm³/mol. The summed E-state index contributed by atoms with van der Waals surface area (Å²) in [6, 6.07) is 12.4. The van der Waals surface area contributed by atoms with Gasteiger partial charge in [-0.25, -0.2) is 8.42 Å². The number of halogens is 1. The van der Waals surface area contributed by atoms with Crippen molar-refractivity contribution >= 4 is 38.7 Å². The number of nitrogen functional groups attached to an aromatic ring is 1. The van der Waals surface area contributed by atoms with E-state index in [9.17, 15) is 13.2 Å². The maximum absolute atomic E-state index is 12.1. The molecule has 0 aliphatic rings. The first-order valence-corrected chi connectivity index (χ1v) is 8.04. The third kappa shape index (κ3) is 3.96. The van der Waals surface area contributed by atoms with Crippen LogP contribution >= 0.6 is 11.6 Å². The van der Waals surface area contributed by atoms with E-state index in [1.165, 1.54) is 12.1 Å². The van der Waals surface area contributed by atoms with E-state index in [2.05, 4.69) is 5.32 Å². The van der Waals surface area contributed by atoms with E-state index in [1.807, 2.05) is 0 Å². The molecule has 110 valence electrons. The van der Waals surface area contributed by atoms with Crippen molar-refractivity contribution in [3.8, 4) is 0 Å². The Balaban J connectivity index is 2.12. The molecule has 21 heavy (non-hydrogen) atoms. The molecule has 0 saturated heterocycles. The zero-order chi connectivity index (χ0) is 15.5. The summed E-state index contributed by atoms with van der Waals surface area (Å²) in [6.07, 6.45) is 0. The monoisotopic (exact) mass is 324 g/mol. The Bertz CT molecular complexity index is 758. The molecule has 0 heterocycles. The zero-order valence-electron chi connectivity index (χ0n) is 10.9. The minimum Gasteiger partial charge on any atom is -0.398 e. The highest BCUT2D eigenvalue weighted by Gasteiger charge is 2.21. The van der Waals surface area contributed by atoms with E-state index < -0.39 is 21.5 Å². The Hall–Kier alpha value is -2.05. The maximum atomic E-state index is 12.1. The van der Waals surface area contributed by atoms with Gasteiger partial charge in [-0.1, -0.05) is 23.7 Å². The van der Waals surface area contributed by atoms with E-state index >= 15 is 0 Å². The van der Waals surface area contributed by atoms with Crippen molar-refractivity contribution in [2.75, 3.05) is 16.8 Å². The van der Waals surface area contributed by atoms with Crippen molar-refractivity contribution in [2.45, 2.75) is 4.90 Å². The van der Waals surface area contributed by atoms with Crippen LogP contribution in [0, 0.1) is 0 Å². The highest BCUT2D eigenvalue weighted by atomic mass is 35.5. The second-order valence-corrected chi connectivity index (χ2v) is 6.75. The Morgan fingerprint density at radius 2 is 1.71 bits per heavy atom. The van der Waals surface area contributed by atoms with Crippen molar-refractivity contribution in [1.82, 2.24) is 0 Å². The van der Waals surface area contributed by atoms with E-state index in [4.69, 9.17) is 17.3 Å². The summed E-state index contributed by atoms with van der Waals surface area (Å²) in [5.74, 6) is -1.32. The third-order valence-electron chi connectivity index (χ3n) is 2.70. The summed E-state index contributed by atoms with van der Waals surface area (Å²) in [6.45, 7) is 0. The molecule has 0 spiro atoms. The highest BCUT2D eigenvalue weighted by Crippen LogP contribution is 2.19. The first-order chi connectivity index (χ1) is 9.88. The van der Waals surface area contributed by atoms with Gasteiger partial charge < -0.3 is 11.1 Å². The van der Waals surface area contributed by atoms with Crippen LogP contribution in [-0.2, 0) is 14.6 Å². The number of nitrogens with two attached hydrogens (primary N) is 1. The summed E-state index contributed by atoms with van der Waals surface area (Å²) in [4.78, 5) is 11.8. The van der Waals surface area contributed by atoms with E-state index in [1.54, 1.807) is 36.4 Å². The van der Waals surface area contributed by atoms with Crippen LogP contribution in [0.2, 0.25) is 5.02 Å². The van der Waals surface area contributed by atoms with Crippen LogP contribution in [0.5, 0.6) is 0 Å². The number of hydrogen-bond acceptors (Lipinski definition) is 4. The normalized spacial score (nSPS) is 11.1. The summed E-state index contributed by atoms with van der Waals surface area (Å²) >= 11 is 5.73. The van der Waals surface area contributed by atoms with Gasteiger partial charge >= 0.3 is 0 Å². The fourth-order valence-corrected chi connectivity index (χ4v) is 3.16. The van der Waals surface area contributed by atoms with Gasteiger partial charge in [0.2, 0.25) is 5.91 Å². The molecule has 0 radical (unpaired) electrons. The molecular formula is C14H13ClN2O3S. The van der Waals surface area contributed by atoms with Crippen LogP contribution in [0.25, 0.3) is 0 Å². The fourth-order valence-electron chi connectivity index (χ4n) is 1.74. The molecule has 2 aromatic carbocycles. The van der Waals surface area contributed by atoms with Gasteiger partial charge in [-0.15, -0.1) is 0 Å². The molecular weight excluding hydrogens is 312 g/mol. The average molecular weight is 325 g/mol. The SMILES string of the molecule is Nc1ccccc1S(=O)(=O)CC(=O)Nc1ccc(Cl)cc1. The van der Waals surface area contributed by atoms with E-state index in [-0.39, 0.29) is 10.6 Å². The molecule has 0 aromatic heterocycles. The lowest BCUT2D eigenvalue weighted by atomic mass is 10.3. The zero-order valence-corrected chi connectivity index (χ0v) is 12.5. The summed E-state index contributed by atoms with van der Waals surface area (Å²) in [5, 5.41) is 3.02. The molecule has 2 aromatic rings. The topological polar surface area (TPSA) is 89.3 Å². The Kier molecular flexibility index (Phi) is 4.50. The molecule has 0 bridgehead atoms. The number of rotatable bonds is 4. The van der Waals surface area contributed by atoms with Gasteiger partial charge in [0, 0.05) is 10.7 Å². The molecule has 2 rings (SSSR count). The number of hydrogen-bond donors (Lipinski definition) is 2. The molecule has 5 nitrogen and oxygen atoms in total. The Morgan fingerprint density at radius 1 is 1.10 bits per heavy atom. The molecule has 7 heteroatoms. The number of benzene rings is 2. The van der Waals surface area contributed by atoms with Gasteiger partial charge in [-0.05, 0) is 36.4 Å². The summed E-state index contributed by atoms with van der Waals surface area (Å²) in [7, 11) is -3.78. The number of amides is 1. The quantitative estimate of drug-likeness (QED) is 0.845. The minimum absolute atomic E-state index is 0.0451. The number of carbonyl (C=O) groups excluding carboxylic acids is 1. The molecule has 0 aliphatic heterocycles. The molecule has 0 aliphatic carbocycles. The first-order valence-electron chi connectivity index (χ1n) is 6.01. The number of sulfone groups is 1. The van der Waals surface area contributed by atoms with Crippen LogP contribution in [0.15, 0.2) is 53.4 Å². The number of para-hydroxylation sites is 1. The largest absolute Gasteiger partial charge is 0.398 e. The number of nitrogens with one attached hydrogen (secondary N) is 1. The van der Waals surface area contributed by atoms with Crippen molar-refractivity contribution < 1.29 is 13.2 Å². The summed E-state index contributed by atoms with van der Waals surface area (Å²) < 4.78 is 24.3. The molecule has 0 atom stereocenters. The highest BCUT2D eigenvalue weighted by molar-refractivity contribution is 7.92. The number of anilines is 2. The lowest BCUT2D eigenvalue weighted by Gasteiger charge is -2.08. The van der Waals surface area contributed by atoms with Gasteiger partial charge in [-0.2, -0.15) is 0 Å². The van der Waals surface area contributed by atoms with Crippen LogP contribution in [0.1, 0.15) is 0 Å². The van der Waals surface area contributed by atoms with Crippen LogP contribution in [0.3, 0.4) is 0 Å². The van der Waals surface area contributed by atoms with E-state index in [0.29, 0.717) is 10.7 Å². The third-order valence-corrected chi connectivity index (χ3v) is 4.64. The minimum atomic E-state index is -3.78. The van der Waals surface area contributed by atoms with Gasteiger partial charge in [-0.3, -0.25) is 4.79 Å². The maximum Gasteiger partial charge on any atom is 0.239 e. The van der Waals surface area contributed by atoms with Gasteiger partial charge in [0.05, 0.1) is 10.6 Å². The van der Waals surface area contributed by atoms with Crippen molar-refractivity contribution in [2.24, 2.45) is 0 Å². The molecule has 0 saturated carbocycles. The predicted octanol–water partition coefficient (Wildman–Crippen LogP) is 2.33. The van der Waals surface area contributed by atoms with E-state index in [0.717, 1.165) is 0 Å². The van der Waals surface area contributed by atoms with Crippen molar-refractivity contribution in [1.29, 1.82) is 0 Å². The Morgan fingerprint density at radius 3 is 2.33 bits per heavy atom. The molecule has 3 N–H and O–H groups in total. The van der Waals surface area contributed by atoms with Crippen molar-refractivity contribution in [3.05, 3.63) is 53.6 Å². The molecule has 0 fully saturated rings. The fraction of sp³-hybridized carbons (Fsp3) is 0.0714. The standard InChI is InChI=1S/C14H13ClN2O3S/c15-10-5-7-11(8-6-10)17-14(18)9-21(19,20)13-4-2-1-3-12(13)16/h1-8H,9,16H2,(H,17,18). The summed E-state index contributed by atoms with van der Waals surface area (Å²) in [5.41, 5.74) is 6.22. The lowest BCUT2D eigenvalue weighted by Crippen LogP contribution is -2.23. The van der Waals surface area contributed by atoms with Crippen LogP contribution in [0.4, 0.5) is 11.4 Å². The van der Waals surface area contributed by atoms with Crippen molar-refractivity contribution in [3.63, 3.8) is 0 Å². The van der Waals surface area contributed by atoms with Gasteiger partial charge in [0.15, 0.2) is 9.84 Å². The first kappa shape index (κ1) is 15.3. The number of carbonyl (C=O) groups is 1. The van der Waals surface area contributed by atoms with Gasteiger partial charge in [0.1, 0.15) is 5.75 Å². The smallest absolute Gasteiger partial charge is 0.239 e. The van der Waals surface area contributed by atoms with Crippen LogP contribution < -0.4 is 11.1 Å². The second-order valence-electron chi connectivity index (χ2n) is 4.35. The average Bonchev–Trinajstić information content (AvgIpc) is 2.41. The van der Waals surface area contributed by atoms with Crippen LogP contribution in [-0.4, -0.2) is 20.1 Å². The van der Waals surface area contributed by atoms with Gasteiger partial charge in [0.25, 0.3) is 0 Å². The molecule has 0 unspecified atom stereocenters. The Labute approximate surface area is 127 Å².